The third kappa shape index (κ3) is 2.74. The Morgan fingerprint density at radius 1 is 1.23 bits per heavy atom. The Bertz CT molecular complexity index is 517. The second-order valence-electron chi connectivity index (χ2n) is 6.74. The van der Waals surface area contributed by atoms with Gasteiger partial charge in [-0.3, -0.25) is 9.69 Å². The van der Waals surface area contributed by atoms with E-state index in [-0.39, 0.29) is 11.3 Å². The zero-order valence-corrected chi connectivity index (χ0v) is 13.7. The van der Waals surface area contributed by atoms with Gasteiger partial charge in [0.15, 0.2) is 0 Å². The number of hydrogen-bond donors (Lipinski definition) is 0. The molecule has 5 heteroatoms. The molecule has 1 aromatic rings. The molecule has 1 unspecified atom stereocenters. The van der Waals surface area contributed by atoms with Gasteiger partial charge in [0.2, 0.25) is 11.9 Å². The molecule has 2 saturated heterocycles. The number of carbonyl (C=O) groups excluding carboxylic acids is 1. The molecule has 0 N–H and O–H groups in total. The van der Waals surface area contributed by atoms with Crippen LogP contribution in [0, 0.1) is 11.3 Å². The molecule has 1 aromatic heterocycles. The van der Waals surface area contributed by atoms with Gasteiger partial charge in [-0.2, -0.15) is 0 Å². The van der Waals surface area contributed by atoms with E-state index >= 15 is 0 Å². The summed E-state index contributed by atoms with van der Waals surface area (Å²) >= 11 is 0. The maximum Gasteiger partial charge on any atom is 0.238 e. The molecule has 3 rings (SSSR count). The first-order valence-electron chi connectivity index (χ1n) is 8.50. The minimum Gasteiger partial charge on any atom is -0.302 e. The molecule has 2 aliphatic rings. The Balaban J connectivity index is 1.64. The molecule has 0 saturated carbocycles. The molecule has 0 aliphatic carbocycles. The first-order valence-corrected chi connectivity index (χ1v) is 8.50. The van der Waals surface area contributed by atoms with Crippen LogP contribution in [-0.2, 0) is 4.79 Å². The maximum atomic E-state index is 12.7. The van der Waals surface area contributed by atoms with E-state index in [2.05, 4.69) is 28.7 Å². The SMILES string of the molecule is CCC(CC)CN1CCCC2(C1)CN(c1ncccn1)C2=O. The summed E-state index contributed by atoms with van der Waals surface area (Å²) < 4.78 is 0. The van der Waals surface area contributed by atoms with Crippen LogP contribution in [0.4, 0.5) is 5.95 Å². The molecule has 0 aromatic carbocycles. The topological polar surface area (TPSA) is 49.3 Å². The third-order valence-corrected chi connectivity index (χ3v) is 5.28. The number of carbonyl (C=O) groups is 1. The molecule has 1 amide bonds. The van der Waals surface area contributed by atoms with Crippen LogP contribution in [0.15, 0.2) is 18.5 Å². The highest BCUT2D eigenvalue weighted by atomic mass is 16.2. The van der Waals surface area contributed by atoms with Crippen molar-refractivity contribution in [1.82, 2.24) is 14.9 Å². The van der Waals surface area contributed by atoms with Crippen LogP contribution in [-0.4, -0.2) is 47.0 Å². The van der Waals surface area contributed by atoms with Crippen LogP contribution in [0.5, 0.6) is 0 Å². The molecule has 2 aliphatic heterocycles. The quantitative estimate of drug-likeness (QED) is 0.783. The minimum atomic E-state index is -0.177. The highest BCUT2D eigenvalue weighted by Gasteiger charge is 2.55. The van der Waals surface area contributed by atoms with Crippen molar-refractivity contribution in [3.05, 3.63) is 18.5 Å². The molecule has 3 heterocycles. The standard InChI is InChI=1S/C17H26N4O/c1-3-14(4-2)11-20-10-5-7-17(12-20)13-21(15(17)22)16-18-8-6-9-19-16/h6,8-9,14H,3-5,7,10-13H2,1-2H3. The number of hydrogen-bond acceptors (Lipinski definition) is 4. The molecule has 120 valence electrons. The van der Waals surface area contributed by atoms with Gasteiger partial charge in [-0.05, 0) is 31.4 Å². The van der Waals surface area contributed by atoms with E-state index < -0.39 is 0 Å². The summed E-state index contributed by atoms with van der Waals surface area (Å²) in [4.78, 5) is 25.4. The first-order chi connectivity index (χ1) is 10.7. The van der Waals surface area contributed by atoms with Crippen LogP contribution in [0.3, 0.4) is 0 Å². The summed E-state index contributed by atoms with van der Waals surface area (Å²) in [6.45, 7) is 8.46. The Hall–Kier alpha value is -1.49. The predicted molar refractivity (Wildman–Crippen MR) is 86.6 cm³/mol. The van der Waals surface area contributed by atoms with Crippen LogP contribution in [0.25, 0.3) is 0 Å². The van der Waals surface area contributed by atoms with E-state index in [0.717, 1.165) is 44.9 Å². The highest BCUT2D eigenvalue weighted by Crippen LogP contribution is 2.41. The highest BCUT2D eigenvalue weighted by molar-refractivity contribution is 6.03. The van der Waals surface area contributed by atoms with Gasteiger partial charge in [-0.25, -0.2) is 9.97 Å². The molecule has 5 nitrogen and oxygen atoms in total. The number of likely N-dealkylation sites (tertiary alicyclic amines) is 1. The van der Waals surface area contributed by atoms with Crippen molar-refractivity contribution in [3.8, 4) is 0 Å². The third-order valence-electron chi connectivity index (χ3n) is 5.28. The van der Waals surface area contributed by atoms with Gasteiger partial charge in [0.1, 0.15) is 0 Å². The van der Waals surface area contributed by atoms with Gasteiger partial charge >= 0.3 is 0 Å². The normalized spacial score (nSPS) is 25.8. The number of piperidine rings is 1. The number of nitrogens with zero attached hydrogens (tertiary/aromatic N) is 4. The van der Waals surface area contributed by atoms with Gasteiger partial charge in [0, 0.05) is 32.0 Å². The number of amides is 1. The van der Waals surface area contributed by atoms with E-state index in [1.807, 2.05) is 0 Å². The number of rotatable bonds is 5. The summed E-state index contributed by atoms with van der Waals surface area (Å²) in [6, 6.07) is 1.78. The average molecular weight is 302 g/mol. The summed E-state index contributed by atoms with van der Waals surface area (Å²) in [7, 11) is 0. The number of anilines is 1. The molecule has 22 heavy (non-hydrogen) atoms. The zero-order valence-electron chi connectivity index (χ0n) is 13.7. The van der Waals surface area contributed by atoms with E-state index in [9.17, 15) is 4.79 Å². The van der Waals surface area contributed by atoms with Crippen molar-refractivity contribution >= 4 is 11.9 Å². The predicted octanol–water partition coefficient (Wildman–Crippen LogP) is 2.34. The summed E-state index contributed by atoms with van der Waals surface area (Å²) in [5.74, 6) is 1.52. The average Bonchev–Trinajstić information content (AvgIpc) is 2.58. The van der Waals surface area contributed by atoms with Gasteiger partial charge in [-0.1, -0.05) is 26.7 Å². The van der Waals surface area contributed by atoms with Crippen molar-refractivity contribution in [2.45, 2.75) is 39.5 Å². The van der Waals surface area contributed by atoms with Gasteiger partial charge in [0.05, 0.1) is 5.41 Å². The second-order valence-corrected chi connectivity index (χ2v) is 6.74. The van der Waals surface area contributed by atoms with Crippen molar-refractivity contribution in [3.63, 3.8) is 0 Å². The zero-order chi connectivity index (χ0) is 15.6. The molecule has 0 bridgehead atoms. The van der Waals surface area contributed by atoms with Crippen LogP contribution >= 0.6 is 0 Å². The van der Waals surface area contributed by atoms with E-state index in [1.165, 1.54) is 12.8 Å². The Kier molecular flexibility index (Phi) is 4.43. The van der Waals surface area contributed by atoms with E-state index in [0.29, 0.717) is 5.95 Å². The molecular weight excluding hydrogens is 276 g/mol. The Morgan fingerprint density at radius 2 is 1.95 bits per heavy atom. The fourth-order valence-corrected chi connectivity index (χ4v) is 3.83. The number of β-lactam (4-membered cyclic amide) rings is 1. The van der Waals surface area contributed by atoms with Crippen LogP contribution < -0.4 is 4.90 Å². The van der Waals surface area contributed by atoms with Crippen molar-refractivity contribution in [2.75, 3.05) is 31.1 Å². The van der Waals surface area contributed by atoms with Gasteiger partial charge < -0.3 is 4.90 Å². The Labute approximate surface area is 132 Å². The molecule has 0 radical (unpaired) electrons. The lowest BCUT2D eigenvalue weighted by molar-refractivity contribution is -0.139. The maximum absolute atomic E-state index is 12.7. The number of aromatic nitrogens is 2. The molecule has 1 atom stereocenters. The van der Waals surface area contributed by atoms with E-state index in [1.54, 1.807) is 23.4 Å². The smallest absolute Gasteiger partial charge is 0.238 e. The first kappa shape index (κ1) is 15.4. The fraction of sp³-hybridized carbons (Fsp3) is 0.706. The minimum absolute atomic E-state index is 0.177. The second kappa shape index (κ2) is 6.32. The van der Waals surface area contributed by atoms with Crippen molar-refractivity contribution in [2.24, 2.45) is 11.3 Å². The fourth-order valence-electron chi connectivity index (χ4n) is 3.83. The summed E-state index contributed by atoms with van der Waals surface area (Å²) in [6.07, 6.45) is 7.96. The molecular formula is C17H26N4O. The lowest BCUT2D eigenvalue weighted by Gasteiger charge is -2.52. The van der Waals surface area contributed by atoms with Gasteiger partial charge in [-0.15, -0.1) is 0 Å². The monoisotopic (exact) mass is 302 g/mol. The van der Waals surface area contributed by atoms with E-state index in [4.69, 9.17) is 0 Å². The van der Waals surface area contributed by atoms with Gasteiger partial charge in [0.25, 0.3) is 0 Å². The summed E-state index contributed by atoms with van der Waals surface area (Å²) in [5.41, 5.74) is -0.177. The van der Waals surface area contributed by atoms with Crippen molar-refractivity contribution in [1.29, 1.82) is 0 Å². The molecule has 2 fully saturated rings. The lowest BCUT2D eigenvalue weighted by atomic mass is 9.72. The van der Waals surface area contributed by atoms with Crippen LogP contribution in [0.1, 0.15) is 39.5 Å². The largest absolute Gasteiger partial charge is 0.302 e. The Morgan fingerprint density at radius 3 is 2.59 bits per heavy atom. The van der Waals surface area contributed by atoms with Crippen LogP contribution in [0.2, 0.25) is 0 Å². The van der Waals surface area contributed by atoms with Crippen molar-refractivity contribution < 1.29 is 4.79 Å². The summed E-state index contributed by atoms with van der Waals surface area (Å²) in [5, 5.41) is 0. The lowest BCUT2D eigenvalue weighted by Crippen LogP contribution is -2.67. The molecule has 1 spiro atoms.